The van der Waals surface area contributed by atoms with Crippen LogP contribution >= 0.6 is 11.6 Å². The van der Waals surface area contributed by atoms with Crippen LogP contribution in [0.3, 0.4) is 0 Å². The number of carbonyl (C=O) groups is 1. The van der Waals surface area contributed by atoms with Gasteiger partial charge in [-0.25, -0.2) is 4.99 Å². The lowest BCUT2D eigenvalue weighted by atomic mass is 9.77. The molecule has 2 atom stereocenters. The predicted octanol–water partition coefficient (Wildman–Crippen LogP) is 3.20. The minimum Gasteiger partial charge on any atom is -0.465 e. The van der Waals surface area contributed by atoms with E-state index in [-0.39, 0.29) is 12.6 Å². The molecule has 0 amide bonds. The number of ether oxygens (including phenoxy) is 1. The monoisotopic (exact) mass is 387 g/mol. The molecule has 2 heterocycles. The quantitative estimate of drug-likeness (QED) is 0.809. The maximum Gasteiger partial charge on any atom is 0.315 e. The van der Waals surface area contributed by atoms with Crippen LogP contribution in [-0.4, -0.2) is 42.4 Å². The molecule has 1 aliphatic heterocycles. The summed E-state index contributed by atoms with van der Waals surface area (Å²) in [7, 11) is 3.66. The minimum absolute atomic E-state index is 0.281. The number of fused-ring (bicyclic) bond motifs is 1. The number of nitrogens with two attached hydrogens (primary N) is 1. The van der Waals surface area contributed by atoms with Crippen LogP contribution in [0, 0.1) is 5.92 Å². The first-order chi connectivity index (χ1) is 12.8. The number of halogens is 1. The van der Waals surface area contributed by atoms with Gasteiger partial charge in [-0.3, -0.25) is 4.79 Å². The lowest BCUT2D eigenvalue weighted by Gasteiger charge is -2.31. The Morgan fingerprint density at radius 1 is 1.33 bits per heavy atom. The molecule has 142 valence electrons. The molecule has 27 heavy (non-hydrogen) atoms. The average Bonchev–Trinajstić information content (AvgIpc) is 2.60. The third-order valence-electron chi connectivity index (χ3n) is 4.47. The van der Waals surface area contributed by atoms with Gasteiger partial charge in [0.25, 0.3) is 0 Å². The Balaban J connectivity index is 2.25. The standard InChI is InChI=1S/C19H22ClN5O2/c1-5-27-18(26)13-10(2)22-17-15(16(21)23-19(24-17)25(3)4)14(13)11-7-6-8-12(20)9-11/h6-9,13-14H,5H2,1-4H3,(H2,21,23,24). The zero-order chi connectivity index (χ0) is 19.7. The van der Waals surface area contributed by atoms with Crippen molar-refractivity contribution < 1.29 is 9.53 Å². The third kappa shape index (κ3) is 3.60. The molecule has 1 aromatic heterocycles. The lowest BCUT2D eigenvalue weighted by Crippen LogP contribution is -2.34. The van der Waals surface area contributed by atoms with Gasteiger partial charge in [0.2, 0.25) is 5.95 Å². The molecule has 0 spiro atoms. The molecular formula is C19H22ClN5O2. The molecule has 0 fully saturated rings. The molecule has 2 N–H and O–H groups in total. The predicted molar refractivity (Wildman–Crippen MR) is 107 cm³/mol. The topological polar surface area (TPSA) is 93.7 Å². The Bertz CT molecular complexity index is 913. The largest absolute Gasteiger partial charge is 0.465 e. The number of aliphatic imine (C=N–C) groups is 1. The molecule has 1 aliphatic rings. The highest BCUT2D eigenvalue weighted by Crippen LogP contribution is 2.45. The Kier molecular flexibility index (Phi) is 5.32. The van der Waals surface area contributed by atoms with E-state index in [0.29, 0.717) is 33.9 Å². The summed E-state index contributed by atoms with van der Waals surface area (Å²) in [5.74, 6) is -0.181. The van der Waals surface area contributed by atoms with Crippen LogP contribution in [0.15, 0.2) is 29.3 Å². The number of aromatic nitrogens is 2. The van der Waals surface area contributed by atoms with Crippen molar-refractivity contribution in [2.45, 2.75) is 19.8 Å². The fraction of sp³-hybridized carbons (Fsp3) is 0.368. The molecule has 0 bridgehead atoms. The first-order valence-corrected chi connectivity index (χ1v) is 9.03. The molecule has 0 radical (unpaired) electrons. The highest BCUT2D eigenvalue weighted by atomic mass is 35.5. The molecule has 2 unspecified atom stereocenters. The number of benzene rings is 1. The van der Waals surface area contributed by atoms with Gasteiger partial charge in [0.1, 0.15) is 11.7 Å². The molecule has 0 saturated carbocycles. The fourth-order valence-corrected chi connectivity index (χ4v) is 3.49. The number of carbonyl (C=O) groups excluding carboxylic acids is 1. The van der Waals surface area contributed by atoms with Crippen molar-refractivity contribution in [3.63, 3.8) is 0 Å². The van der Waals surface area contributed by atoms with E-state index in [1.807, 2.05) is 32.3 Å². The van der Waals surface area contributed by atoms with Crippen molar-refractivity contribution in [1.29, 1.82) is 0 Å². The summed E-state index contributed by atoms with van der Waals surface area (Å²) in [4.78, 5) is 28.0. The highest BCUT2D eigenvalue weighted by Gasteiger charge is 2.41. The Morgan fingerprint density at radius 3 is 2.70 bits per heavy atom. The second-order valence-corrected chi connectivity index (χ2v) is 6.99. The maximum absolute atomic E-state index is 12.7. The van der Waals surface area contributed by atoms with E-state index in [1.165, 1.54) is 0 Å². The van der Waals surface area contributed by atoms with Crippen LogP contribution in [0.2, 0.25) is 5.02 Å². The number of hydrogen-bond donors (Lipinski definition) is 1. The molecule has 2 aromatic rings. The number of anilines is 2. The van der Waals surface area contributed by atoms with Crippen molar-refractivity contribution in [3.05, 3.63) is 40.4 Å². The van der Waals surface area contributed by atoms with Gasteiger partial charge in [0, 0.05) is 36.3 Å². The van der Waals surface area contributed by atoms with E-state index >= 15 is 0 Å². The summed E-state index contributed by atoms with van der Waals surface area (Å²) in [6.07, 6.45) is 0. The summed E-state index contributed by atoms with van der Waals surface area (Å²) >= 11 is 6.21. The van der Waals surface area contributed by atoms with Crippen LogP contribution in [0.25, 0.3) is 0 Å². The zero-order valence-corrected chi connectivity index (χ0v) is 16.5. The lowest BCUT2D eigenvalue weighted by molar-refractivity contribution is -0.146. The molecular weight excluding hydrogens is 366 g/mol. The van der Waals surface area contributed by atoms with E-state index < -0.39 is 11.8 Å². The summed E-state index contributed by atoms with van der Waals surface area (Å²) in [5.41, 5.74) is 8.37. The number of esters is 1. The first-order valence-electron chi connectivity index (χ1n) is 8.65. The van der Waals surface area contributed by atoms with Crippen molar-refractivity contribution >= 4 is 40.9 Å². The number of nitrogens with zero attached hydrogens (tertiary/aromatic N) is 4. The van der Waals surface area contributed by atoms with Crippen molar-refractivity contribution in [3.8, 4) is 0 Å². The second-order valence-electron chi connectivity index (χ2n) is 6.56. The van der Waals surface area contributed by atoms with Crippen LogP contribution in [0.4, 0.5) is 17.6 Å². The second kappa shape index (κ2) is 7.52. The van der Waals surface area contributed by atoms with E-state index in [9.17, 15) is 4.79 Å². The van der Waals surface area contributed by atoms with Gasteiger partial charge < -0.3 is 15.4 Å². The van der Waals surface area contributed by atoms with Gasteiger partial charge >= 0.3 is 5.97 Å². The minimum atomic E-state index is -0.618. The molecule has 0 saturated heterocycles. The third-order valence-corrected chi connectivity index (χ3v) is 4.70. The molecule has 7 nitrogen and oxygen atoms in total. The summed E-state index contributed by atoms with van der Waals surface area (Å²) in [5, 5.41) is 0.571. The zero-order valence-electron chi connectivity index (χ0n) is 15.7. The summed E-state index contributed by atoms with van der Waals surface area (Å²) in [6, 6.07) is 7.35. The van der Waals surface area contributed by atoms with Crippen LogP contribution in [-0.2, 0) is 9.53 Å². The van der Waals surface area contributed by atoms with Gasteiger partial charge in [-0.1, -0.05) is 23.7 Å². The van der Waals surface area contributed by atoms with E-state index in [0.717, 1.165) is 5.56 Å². The maximum atomic E-state index is 12.7. The Hall–Kier alpha value is -2.67. The summed E-state index contributed by atoms with van der Waals surface area (Å²) in [6.45, 7) is 3.86. The molecule has 1 aromatic carbocycles. The van der Waals surface area contributed by atoms with Crippen molar-refractivity contribution in [2.75, 3.05) is 31.3 Å². The fourth-order valence-electron chi connectivity index (χ4n) is 3.29. The van der Waals surface area contributed by atoms with Crippen LogP contribution < -0.4 is 10.6 Å². The van der Waals surface area contributed by atoms with Gasteiger partial charge in [0.05, 0.1) is 6.61 Å². The van der Waals surface area contributed by atoms with Crippen LogP contribution in [0.5, 0.6) is 0 Å². The van der Waals surface area contributed by atoms with E-state index in [1.54, 1.807) is 24.8 Å². The van der Waals surface area contributed by atoms with Crippen LogP contribution in [0.1, 0.15) is 30.9 Å². The summed E-state index contributed by atoms with van der Waals surface area (Å²) < 4.78 is 5.31. The van der Waals surface area contributed by atoms with Gasteiger partial charge in [-0.2, -0.15) is 9.97 Å². The normalized spacial score (nSPS) is 18.5. The van der Waals surface area contributed by atoms with Gasteiger partial charge in [-0.05, 0) is 31.5 Å². The average molecular weight is 388 g/mol. The molecule has 0 aliphatic carbocycles. The van der Waals surface area contributed by atoms with Crippen molar-refractivity contribution in [1.82, 2.24) is 9.97 Å². The van der Waals surface area contributed by atoms with Crippen molar-refractivity contribution in [2.24, 2.45) is 10.9 Å². The molecule has 8 heteroatoms. The van der Waals surface area contributed by atoms with E-state index in [4.69, 9.17) is 22.1 Å². The molecule has 3 rings (SSSR count). The number of nitrogen functional groups attached to an aromatic ring is 1. The number of rotatable bonds is 4. The smallest absolute Gasteiger partial charge is 0.315 e. The van der Waals surface area contributed by atoms with Gasteiger partial charge in [-0.15, -0.1) is 0 Å². The Labute approximate surface area is 163 Å². The Morgan fingerprint density at radius 2 is 2.07 bits per heavy atom. The van der Waals surface area contributed by atoms with Gasteiger partial charge in [0.15, 0.2) is 5.82 Å². The highest BCUT2D eigenvalue weighted by molar-refractivity contribution is 6.30. The van der Waals surface area contributed by atoms with E-state index in [2.05, 4.69) is 15.0 Å². The number of hydrogen-bond acceptors (Lipinski definition) is 7. The first kappa shape index (κ1) is 19.1. The SMILES string of the molecule is CCOC(=O)C1C(C)=Nc2nc(N(C)C)nc(N)c2C1c1cccc(Cl)c1.